The van der Waals surface area contributed by atoms with Crippen molar-refractivity contribution in [1.29, 1.82) is 0 Å². The van der Waals surface area contributed by atoms with Gasteiger partial charge in [-0.15, -0.1) is 11.3 Å². The molecule has 0 amide bonds. The molecule has 5 nitrogen and oxygen atoms in total. The lowest BCUT2D eigenvalue weighted by molar-refractivity contribution is 0.533. The molecule has 0 bridgehead atoms. The van der Waals surface area contributed by atoms with Crippen LogP contribution in [-0.4, -0.2) is 41.1 Å². The predicted molar refractivity (Wildman–Crippen MR) is 97.1 cm³/mol. The fourth-order valence-electron chi connectivity index (χ4n) is 4.48. The first kappa shape index (κ1) is 14.6. The first-order valence-electron chi connectivity index (χ1n) is 8.95. The molecule has 5 rings (SSSR count). The zero-order valence-electron chi connectivity index (χ0n) is 14.3. The standard InChI is InChI=1S/C18H23N5S/c1-11-12(2)19-10-20-17(11)22-6-13-8-23(9-14(13)7-22)18-21-15-4-3-5-16(15)24-18/h10,13-14H,3-9H2,1-2H3. The highest BCUT2D eigenvalue weighted by atomic mass is 32.1. The summed E-state index contributed by atoms with van der Waals surface area (Å²) in [5, 5.41) is 1.27. The Bertz CT molecular complexity index is 750. The van der Waals surface area contributed by atoms with E-state index in [-0.39, 0.29) is 0 Å². The predicted octanol–water partition coefficient (Wildman–Crippen LogP) is 2.61. The summed E-state index contributed by atoms with van der Waals surface area (Å²) in [6, 6.07) is 0. The van der Waals surface area contributed by atoms with Crippen LogP contribution in [0.4, 0.5) is 10.9 Å². The van der Waals surface area contributed by atoms with E-state index in [2.05, 4.69) is 33.6 Å². The van der Waals surface area contributed by atoms with Crippen molar-refractivity contribution >= 4 is 22.3 Å². The molecule has 6 heteroatoms. The Labute approximate surface area is 146 Å². The highest BCUT2D eigenvalue weighted by Gasteiger charge is 2.41. The molecule has 24 heavy (non-hydrogen) atoms. The second-order valence-electron chi connectivity index (χ2n) is 7.46. The Morgan fingerprint density at radius 2 is 1.75 bits per heavy atom. The molecule has 0 radical (unpaired) electrons. The molecule has 2 unspecified atom stereocenters. The summed E-state index contributed by atoms with van der Waals surface area (Å²) in [6.45, 7) is 8.74. The summed E-state index contributed by atoms with van der Waals surface area (Å²) in [7, 11) is 0. The van der Waals surface area contributed by atoms with E-state index in [1.807, 2.05) is 11.3 Å². The number of thiazole rings is 1. The molecule has 2 aliphatic heterocycles. The number of aryl methyl sites for hydroxylation is 3. The minimum Gasteiger partial charge on any atom is -0.356 e. The van der Waals surface area contributed by atoms with Gasteiger partial charge in [0.05, 0.1) is 5.69 Å². The van der Waals surface area contributed by atoms with E-state index in [9.17, 15) is 0 Å². The number of hydrogen-bond acceptors (Lipinski definition) is 6. The van der Waals surface area contributed by atoms with Gasteiger partial charge in [-0.05, 0) is 33.1 Å². The third kappa shape index (κ3) is 2.23. The average molecular weight is 341 g/mol. The minimum absolute atomic E-state index is 0.735. The maximum Gasteiger partial charge on any atom is 0.185 e. The van der Waals surface area contributed by atoms with Crippen molar-refractivity contribution in [2.75, 3.05) is 36.0 Å². The van der Waals surface area contributed by atoms with Crippen LogP contribution in [0.2, 0.25) is 0 Å². The van der Waals surface area contributed by atoms with E-state index in [1.165, 1.54) is 40.5 Å². The molecule has 126 valence electrons. The van der Waals surface area contributed by atoms with Crippen molar-refractivity contribution in [3.8, 4) is 0 Å². The Balaban J connectivity index is 1.31. The lowest BCUT2D eigenvalue weighted by Crippen LogP contribution is -2.29. The van der Waals surface area contributed by atoms with Crippen molar-refractivity contribution in [2.24, 2.45) is 11.8 Å². The van der Waals surface area contributed by atoms with Crippen LogP contribution in [0, 0.1) is 25.7 Å². The van der Waals surface area contributed by atoms with Gasteiger partial charge in [-0.25, -0.2) is 15.0 Å². The normalized spacial score (nSPS) is 25.4. The van der Waals surface area contributed by atoms with Crippen LogP contribution in [0.1, 0.15) is 28.2 Å². The van der Waals surface area contributed by atoms with Crippen molar-refractivity contribution < 1.29 is 0 Å². The topological polar surface area (TPSA) is 45.2 Å². The Kier molecular flexibility index (Phi) is 3.30. The number of nitrogens with zero attached hydrogens (tertiary/aromatic N) is 5. The summed E-state index contributed by atoms with van der Waals surface area (Å²) in [5.74, 6) is 2.61. The van der Waals surface area contributed by atoms with Gasteiger partial charge in [-0.2, -0.15) is 0 Å². The van der Waals surface area contributed by atoms with Crippen LogP contribution >= 0.6 is 11.3 Å². The lowest BCUT2D eigenvalue weighted by atomic mass is 10.0. The maximum atomic E-state index is 4.91. The molecule has 3 aliphatic rings. The molecular weight excluding hydrogens is 318 g/mol. The molecule has 2 fully saturated rings. The van der Waals surface area contributed by atoms with Gasteiger partial charge in [-0.3, -0.25) is 0 Å². The SMILES string of the molecule is Cc1ncnc(N2CC3CN(c4nc5c(s4)CCC5)CC3C2)c1C. The Morgan fingerprint density at radius 3 is 2.50 bits per heavy atom. The molecule has 2 saturated heterocycles. The van der Waals surface area contributed by atoms with E-state index in [4.69, 9.17) is 4.98 Å². The number of rotatable bonds is 2. The van der Waals surface area contributed by atoms with Gasteiger partial charge in [0, 0.05) is 54.1 Å². The van der Waals surface area contributed by atoms with Crippen LogP contribution in [0.3, 0.4) is 0 Å². The van der Waals surface area contributed by atoms with Crippen molar-refractivity contribution in [3.05, 3.63) is 28.2 Å². The number of aromatic nitrogens is 3. The van der Waals surface area contributed by atoms with Crippen molar-refractivity contribution in [1.82, 2.24) is 15.0 Å². The Morgan fingerprint density at radius 1 is 1.00 bits per heavy atom. The van der Waals surface area contributed by atoms with Crippen LogP contribution in [-0.2, 0) is 12.8 Å². The zero-order valence-corrected chi connectivity index (χ0v) is 15.1. The number of fused-ring (bicyclic) bond motifs is 2. The van der Waals surface area contributed by atoms with E-state index in [1.54, 1.807) is 6.33 Å². The van der Waals surface area contributed by atoms with Gasteiger partial charge in [-0.1, -0.05) is 0 Å². The van der Waals surface area contributed by atoms with E-state index < -0.39 is 0 Å². The molecule has 0 spiro atoms. The van der Waals surface area contributed by atoms with Crippen LogP contribution in [0.15, 0.2) is 6.33 Å². The van der Waals surface area contributed by atoms with E-state index in [0.717, 1.165) is 49.5 Å². The molecule has 0 saturated carbocycles. The molecule has 2 aromatic heterocycles. The van der Waals surface area contributed by atoms with Gasteiger partial charge in [0.2, 0.25) is 0 Å². The molecule has 2 aromatic rings. The molecule has 0 N–H and O–H groups in total. The third-order valence-electron chi connectivity index (χ3n) is 5.95. The smallest absolute Gasteiger partial charge is 0.185 e. The highest BCUT2D eigenvalue weighted by Crippen LogP contribution is 2.39. The first-order chi connectivity index (χ1) is 11.7. The number of anilines is 2. The molecule has 2 atom stereocenters. The van der Waals surface area contributed by atoms with Crippen molar-refractivity contribution in [3.63, 3.8) is 0 Å². The van der Waals surface area contributed by atoms with Gasteiger partial charge in [0.25, 0.3) is 0 Å². The van der Waals surface area contributed by atoms with Crippen LogP contribution < -0.4 is 9.80 Å². The summed E-state index contributed by atoms with van der Waals surface area (Å²) >= 11 is 1.94. The van der Waals surface area contributed by atoms with Crippen LogP contribution in [0.5, 0.6) is 0 Å². The fraction of sp³-hybridized carbons (Fsp3) is 0.611. The Hall–Kier alpha value is -1.69. The molecular formula is C18H23N5S. The van der Waals surface area contributed by atoms with Crippen LogP contribution in [0.25, 0.3) is 0 Å². The summed E-state index contributed by atoms with van der Waals surface area (Å²) in [5.41, 5.74) is 3.70. The second-order valence-corrected chi connectivity index (χ2v) is 8.52. The third-order valence-corrected chi connectivity index (χ3v) is 7.17. The van der Waals surface area contributed by atoms with Gasteiger partial charge in [0.1, 0.15) is 12.1 Å². The second kappa shape index (κ2) is 5.41. The minimum atomic E-state index is 0.735. The van der Waals surface area contributed by atoms with Crippen molar-refractivity contribution in [2.45, 2.75) is 33.1 Å². The highest BCUT2D eigenvalue weighted by molar-refractivity contribution is 7.15. The summed E-state index contributed by atoms with van der Waals surface area (Å²) < 4.78 is 0. The molecule has 0 aromatic carbocycles. The van der Waals surface area contributed by atoms with Gasteiger partial charge in [0.15, 0.2) is 5.13 Å². The molecule has 4 heterocycles. The lowest BCUT2D eigenvalue weighted by Gasteiger charge is -2.23. The number of hydrogen-bond donors (Lipinski definition) is 0. The first-order valence-corrected chi connectivity index (χ1v) is 9.77. The fourth-order valence-corrected chi connectivity index (χ4v) is 5.65. The maximum absolute atomic E-state index is 4.91. The summed E-state index contributed by atoms with van der Waals surface area (Å²) in [6.07, 6.45) is 5.43. The zero-order chi connectivity index (χ0) is 16.3. The van der Waals surface area contributed by atoms with Gasteiger partial charge >= 0.3 is 0 Å². The van der Waals surface area contributed by atoms with E-state index in [0.29, 0.717) is 0 Å². The molecule has 1 aliphatic carbocycles. The van der Waals surface area contributed by atoms with E-state index >= 15 is 0 Å². The largest absolute Gasteiger partial charge is 0.356 e. The average Bonchev–Trinajstić information content (AvgIpc) is 3.26. The quantitative estimate of drug-likeness (QED) is 0.840. The monoisotopic (exact) mass is 341 g/mol. The summed E-state index contributed by atoms with van der Waals surface area (Å²) in [4.78, 5) is 20.3. The van der Waals surface area contributed by atoms with Gasteiger partial charge < -0.3 is 9.80 Å².